The van der Waals surface area contributed by atoms with Crippen LogP contribution < -0.4 is 14.4 Å². The third-order valence-corrected chi connectivity index (χ3v) is 5.50. The number of thioether (sulfide) groups is 1. The van der Waals surface area contributed by atoms with Crippen molar-refractivity contribution in [2.24, 2.45) is 0 Å². The molecular formula is C18H13BrFNO3S2. The molecule has 8 heteroatoms. The fourth-order valence-corrected chi connectivity index (χ4v) is 4.40. The second-order valence-electron chi connectivity index (χ2n) is 5.24. The normalized spacial score (nSPS) is 15.7. The SMILES string of the molecule is COc1cc(/C=C2\SC(=S)N(c3cccc(F)c3)C2=O)cc(Br)c1OC. The van der Waals surface area contributed by atoms with E-state index in [1.807, 2.05) is 6.07 Å². The monoisotopic (exact) mass is 453 g/mol. The minimum absolute atomic E-state index is 0.295. The van der Waals surface area contributed by atoms with Crippen LogP contribution in [0, 0.1) is 5.82 Å². The summed E-state index contributed by atoms with van der Waals surface area (Å²) < 4.78 is 25.1. The van der Waals surface area contributed by atoms with Gasteiger partial charge in [-0.25, -0.2) is 4.39 Å². The van der Waals surface area contributed by atoms with Crippen molar-refractivity contribution >= 4 is 61.9 Å². The Morgan fingerprint density at radius 1 is 1.23 bits per heavy atom. The van der Waals surface area contributed by atoms with Crippen LogP contribution in [0.4, 0.5) is 10.1 Å². The van der Waals surface area contributed by atoms with E-state index in [1.165, 1.54) is 35.9 Å². The van der Waals surface area contributed by atoms with Crippen molar-refractivity contribution in [2.45, 2.75) is 0 Å². The van der Waals surface area contributed by atoms with Gasteiger partial charge in [-0.1, -0.05) is 30.0 Å². The number of amides is 1. The Morgan fingerprint density at radius 3 is 2.65 bits per heavy atom. The molecule has 1 saturated heterocycles. The number of hydrogen-bond donors (Lipinski definition) is 0. The summed E-state index contributed by atoms with van der Waals surface area (Å²) in [5, 5.41) is 0. The van der Waals surface area contributed by atoms with Crippen molar-refractivity contribution in [1.29, 1.82) is 0 Å². The number of methoxy groups -OCH3 is 2. The van der Waals surface area contributed by atoms with Crippen molar-refractivity contribution in [3.05, 3.63) is 57.2 Å². The first-order valence-electron chi connectivity index (χ1n) is 7.39. The molecule has 0 unspecified atom stereocenters. The van der Waals surface area contributed by atoms with Gasteiger partial charge in [-0.2, -0.15) is 0 Å². The van der Waals surface area contributed by atoms with E-state index in [-0.39, 0.29) is 5.91 Å². The van der Waals surface area contributed by atoms with Crippen molar-refractivity contribution in [3.8, 4) is 11.5 Å². The molecule has 1 aliphatic rings. The number of halogens is 2. The fraction of sp³-hybridized carbons (Fsp3) is 0.111. The van der Waals surface area contributed by atoms with Gasteiger partial charge < -0.3 is 9.47 Å². The fourth-order valence-electron chi connectivity index (χ4n) is 2.48. The van der Waals surface area contributed by atoms with Gasteiger partial charge in [0.25, 0.3) is 5.91 Å². The molecule has 1 aliphatic heterocycles. The molecule has 4 nitrogen and oxygen atoms in total. The Labute approximate surface area is 168 Å². The van der Waals surface area contributed by atoms with Gasteiger partial charge in [-0.05, 0) is 57.9 Å². The first-order valence-corrected chi connectivity index (χ1v) is 9.41. The highest BCUT2D eigenvalue weighted by Crippen LogP contribution is 2.39. The molecule has 1 heterocycles. The molecule has 0 spiro atoms. The average Bonchev–Trinajstić information content (AvgIpc) is 2.88. The highest BCUT2D eigenvalue weighted by Gasteiger charge is 2.33. The number of ether oxygens (including phenoxy) is 2. The van der Waals surface area contributed by atoms with E-state index < -0.39 is 5.82 Å². The van der Waals surface area contributed by atoms with Crippen LogP contribution >= 0.6 is 39.9 Å². The summed E-state index contributed by atoms with van der Waals surface area (Å²) in [7, 11) is 3.09. The second-order valence-corrected chi connectivity index (χ2v) is 7.77. The van der Waals surface area contributed by atoms with E-state index in [0.717, 1.165) is 5.56 Å². The highest BCUT2D eigenvalue weighted by atomic mass is 79.9. The molecule has 0 saturated carbocycles. The van der Waals surface area contributed by atoms with E-state index in [4.69, 9.17) is 21.7 Å². The number of nitrogens with zero attached hydrogens (tertiary/aromatic N) is 1. The van der Waals surface area contributed by atoms with E-state index in [0.29, 0.717) is 30.9 Å². The van der Waals surface area contributed by atoms with Gasteiger partial charge in [0, 0.05) is 0 Å². The predicted molar refractivity (Wildman–Crippen MR) is 109 cm³/mol. The van der Waals surface area contributed by atoms with E-state index >= 15 is 0 Å². The summed E-state index contributed by atoms with van der Waals surface area (Å²) in [4.78, 5) is 14.5. The van der Waals surface area contributed by atoms with Crippen LogP contribution in [0.15, 0.2) is 45.8 Å². The molecule has 0 N–H and O–H groups in total. The van der Waals surface area contributed by atoms with Crippen LogP contribution in [0.1, 0.15) is 5.56 Å². The van der Waals surface area contributed by atoms with Gasteiger partial charge in [0.05, 0.1) is 29.3 Å². The molecule has 134 valence electrons. The van der Waals surface area contributed by atoms with Crippen LogP contribution in [-0.4, -0.2) is 24.4 Å². The molecule has 0 radical (unpaired) electrons. The minimum Gasteiger partial charge on any atom is -0.493 e. The second kappa shape index (κ2) is 7.77. The van der Waals surface area contributed by atoms with Crippen molar-refractivity contribution < 1.29 is 18.7 Å². The number of thiocarbonyl (C=S) groups is 1. The molecular weight excluding hydrogens is 441 g/mol. The molecule has 0 aromatic heterocycles. The third kappa shape index (κ3) is 3.62. The minimum atomic E-state index is -0.427. The Morgan fingerprint density at radius 2 is 2.00 bits per heavy atom. The Hall–Kier alpha value is -1.90. The summed E-state index contributed by atoms with van der Waals surface area (Å²) in [5.74, 6) is 0.381. The summed E-state index contributed by atoms with van der Waals surface area (Å²) in [6.07, 6.45) is 1.71. The Bertz CT molecular complexity index is 933. The van der Waals surface area contributed by atoms with Crippen molar-refractivity contribution in [3.63, 3.8) is 0 Å². The van der Waals surface area contributed by atoms with Gasteiger partial charge >= 0.3 is 0 Å². The first kappa shape index (κ1) is 18.9. The Balaban J connectivity index is 1.97. The summed E-state index contributed by atoms with van der Waals surface area (Å²) >= 11 is 9.89. The van der Waals surface area contributed by atoms with E-state index in [9.17, 15) is 9.18 Å². The molecule has 3 rings (SSSR count). The van der Waals surface area contributed by atoms with Gasteiger partial charge in [0.15, 0.2) is 15.8 Å². The lowest BCUT2D eigenvalue weighted by Crippen LogP contribution is -2.27. The summed E-state index contributed by atoms with van der Waals surface area (Å²) in [5.41, 5.74) is 1.15. The smallest absolute Gasteiger partial charge is 0.270 e. The lowest BCUT2D eigenvalue weighted by molar-refractivity contribution is -0.113. The molecule has 1 fully saturated rings. The zero-order valence-electron chi connectivity index (χ0n) is 13.8. The highest BCUT2D eigenvalue weighted by molar-refractivity contribution is 9.10. The number of rotatable bonds is 4. The molecule has 0 bridgehead atoms. The van der Waals surface area contributed by atoms with Crippen LogP contribution in [0.5, 0.6) is 11.5 Å². The summed E-state index contributed by atoms with van der Waals surface area (Å²) in [6, 6.07) is 9.36. The average molecular weight is 454 g/mol. The lowest BCUT2D eigenvalue weighted by Gasteiger charge is -2.14. The topological polar surface area (TPSA) is 38.8 Å². The number of carbonyl (C=O) groups is 1. The van der Waals surface area contributed by atoms with Crippen LogP contribution in [0.25, 0.3) is 6.08 Å². The molecule has 2 aromatic rings. The summed E-state index contributed by atoms with van der Waals surface area (Å²) in [6.45, 7) is 0. The van der Waals surface area contributed by atoms with E-state index in [1.54, 1.807) is 31.4 Å². The third-order valence-electron chi connectivity index (χ3n) is 3.61. The molecule has 2 aromatic carbocycles. The first-order chi connectivity index (χ1) is 12.4. The van der Waals surface area contributed by atoms with Crippen LogP contribution in [0.2, 0.25) is 0 Å². The van der Waals surface area contributed by atoms with Gasteiger partial charge in [-0.3, -0.25) is 9.69 Å². The quantitative estimate of drug-likeness (QED) is 0.480. The van der Waals surface area contributed by atoms with Gasteiger partial charge in [0.2, 0.25) is 0 Å². The zero-order chi connectivity index (χ0) is 18.8. The molecule has 1 amide bonds. The molecule has 0 atom stereocenters. The molecule has 0 aliphatic carbocycles. The maximum Gasteiger partial charge on any atom is 0.270 e. The van der Waals surface area contributed by atoms with E-state index in [2.05, 4.69) is 15.9 Å². The number of carbonyl (C=O) groups excluding carboxylic acids is 1. The van der Waals surface area contributed by atoms with Gasteiger partial charge in [0.1, 0.15) is 5.82 Å². The van der Waals surface area contributed by atoms with Gasteiger partial charge in [-0.15, -0.1) is 0 Å². The number of benzene rings is 2. The number of anilines is 1. The lowest BCUT2D eigenvalue weighted by atomic mass is 10.2. The standard InChI is InChI=1S/C18H13BrFNO3S2/c1-23-14-7-10(6-13(19)16(14)24-2)8-15-17(22)21(18(25)26-15)12-5-3-4-11(20)9-12/h3-9H,1-2H3/b15-8-. The number of hydrogen-bond acceptors (Lipinski definition) is 5. The van der Waals surface area contributed by atoms with Crippen LogP contribution in [-0.2, 0) is 4.79 Å². The Kier molecular flexibility index (Phi) is 5.64. The maximum atomic E-state index is 13.5. The van der Waals surface area contributed by atoms with Crippen LogP contribution in [0.3, 0.4) is 0 Å². The van der Waals surface area contributed by atoms with Crippen molar-refractivity contribution in [1.82, 2.24) is 0 Å². The predicted octanol–water partition coefficient (Wildman–Crippen LogP) is 5.01. The van der Waals surface area contributed by atoms with Crippen molar-refractivity contribution in [2.75, 3.05) is 19.1 Å². The largest absolute Gasteiger partial charge is 0.493 e. The molecule has 26 heavy (non-hydrogen) atoms. The zero-order valence-corrected chi connectivity index (χ0v) is 17.0. The maximum absolute atomic E-state index is 13.5.